The molecular weight excluding hydrogens is 242 g/mol. The van der Waals surface area contributed by atoms with Gasteiger partial charge in [0.2, 0.25) is 0 Å². The summed E-state index contributed by atoms with van der Waals surface area (Å²) in [7, 11) is 0. The zero-order valence-corrected chi connectivity index (χ0v) is 12.1. The first-order valence-corrected chi connectivity index (χ1v) is 8.22. The fourth-order valence-corrected chi connectivity index (χ4v) is 3.02. The summed E-state index contributed by atoms with van der Waals surface area (Å²) in [6.45, 7) is 3.18. The van der Waals surface area contributed by atoms with E-state index in [9.17, 15) is 0 Å². The highest BCUT2D eigenvalue weighted by Gasteiger charge is 2.26. The second-order valence-electron chi connectivity index (χ2n) is 4.76. The largest absolute Gasteiger partial charge is 0.490 e. The summed E-state index contributed by atoms with van der Waals surface area (Å²) in [5, 5.41) is 3.58. The quantitative estimate of drug-likeness (QED) is 0.794. The molecule has 2 nitrogen and oxygen atoms in total. The van der Waals surface area contributed by atoms with Gasteiger partial charge in [-0.05, 0) is 37.5 Å². The van der Waals surface area contributed by atoms with Gasteiger partial charge in [0.15, 0.2) is 0 Å². The van der Waals surface area contributed by atoms with E-state index in [0.29, 0.717) is 12.1 Å². The van der Waals surface area contributed by atoms with Gasteiger partial charge in [-0.25, -0.2) is 0 Å². The minimum Gasteiger partial charge on any atom is -0.490 e. The fourth-order valence-electron chi connectivity index (χ4n) is 2.57. The standard InChI is InChI=1S/C15H23NOS/c1-3-16-14-11-12(7-6-10-18-2)17-15-9-5-4-8-13(14)15/h4-5,8-9,12,14,16H,3,6-7,10-11H2,1-2H3. The molecule has 100 valence electrons. The summed E-state index contributed by atoms with van der Waals surface area (Å²) in [6.07, 6.45) is 6.04. The average molecular weight is 265 g/mol. The first kappa shape index (κ1) is 13.8. The van der Waals surface area contributed by atoms with E-state index in [4.69, 9.17) is 4.74 Å². The maximum Gasteiger partial charge on any atom is 0.124 e. The molecule has 1 aliphatic heterocycles. The van der Waals surface area contributed by atoms with Gasteiger partial charge in [0, 0.05) is 18.0 Å². The van der Waals surface area contributed by atoms with Gasteiger partial charge in [0.25, 0.3) is 0 Å². The van der Waals surface area contributed by atoms with Gasteiger partial charge >= 0.3 is 0 Å². The van der Waals surface area contributed by atoms with Crippen LogP contribution in [0, 0.1) is 0 Å². The van der Waals surface area contributed by atoms with Crippen LogP contribution in [0.3, 0.4) is 0 Å². The number of fused-ring (bicyclic) bond motifs is 1. The Bertz CT molecular complexity index is 369. The van der Waals surface area contributed by atoms with Crippen LogP contribution in [0.5, 0.6) is 5.75 Å². The number of para-hydroxylation sites is 1. The number of thioether (sulfide) groups is 1. The number of hydrogen-bond acceptors (Lipinski definition) is 3. The fraction of sp³-hybridized carbons (Fsp3) is 0.600. The molecule has 18 heavy (non-hydrogen) atoms. The summed E-state index contributed by atoms with van der Waals surface area (Å²) in [5.41, 5.74) is 1.32. The molecule has 1 heterocycles. The Morgan fingerprint density at radius 1 is 1.39 bits per heavy atom. The van der Waals surface area contributed by atoms with Crippen LogP contribution in [0.1, 0.15) is 37.8 Å². The number of rotatable bonds is 6. The van der Waals surface area contributed by atoms with Crippen molar-refractivity contribution in [1.29, 1.82) is 0 Å². The van der Waals surface area contributed by atoms with Crippen molar-refractivity contribution in [3.05, 3.63) is 29.8 Å². The second kappa shape index (κ2) is 7.05. The van der Waals surface area contributed by atoms with Crippen LogP contribution in [0.25, 0.3) is 0 Å². The number of benzene rings is 1. The molecule has 2 atom stereocenters. The van der Waals surface area contributed by atoms with E-state index in [0.717, 1.165) is 25.1 Å². The Balaban J connectivity index is 2.03. The molecule has 0 amide bonds. The zero-order valence-electron chi connectivity index (χ0n) is 11.3. The first-order chi connectivity index (χ1) is 8.85. The van der Waals surface area contributed by atoms with Gasteiger partial charge in [0.1, 0.15) is 11.9 Å². The Morgan fingerprint density at radius 3 is 3.00 bits per heavy atom. The first-order valence-electron chi connectivity index (χ1n) is 6.83. The van der Waals surface area contributed by atoms with Crippen LogP contribution >= 0.6 is 11.8 Å². The van der Waals surface area contributed by atoms with Gasteiger partial charge in [0.05, 0.1) is 0 Å². The zero-order chi connectivity index (χ0) is 12.8. The third-order valence-electron chi connectivity index (χ3n) is 3.41. The summed E-state index contributed by atoms with van der Waals surface area (Å²) in [4.78, 5) is 0. The number of nitrogens with one attached hydrogen (secondary N) is 1. The molecule has 0 radical (unpaired) electrons. The summed E-state index contributed by atoms with van der Waals surface area (Å²) in [5.74, 6) is 2.30. The minimum atomic E-state index is 0.371. The molecule has 1 aromatic carbocycles. The molecule has 1 N–H and O–H groups in total. The molecule has 0 aromatic heterocycles. The van der Waals surface area contributed by atoms with Crippen LogP contribution in [0.2, 0.25) is 0 Å². The number of ether oxygens (including phenoxy) is 1. The van der Waals surface area contributed by atoms with Gasteiger partial charge in [-0.15, -0.1) is 0 Å². The smallest absolute Gasteiger partial charge is 0.124 e. The molecule has 0 fully saturated rings. The van der Waals surface area contributed by atoms with Crippen molar-refractivity contribution in [3.8, 4) is 5.75 Å². The van der Waals surface area contributed by atoms with E-state index in [1.54, 1.807) is 0 Å². The van der Waals surface area contributed by atoms with Crippen molar-refractivity contribution < 1.29 is 4.74 Å². The van der Waals surface area contributed by atoms with Crippen molar-refractivity contribution in [3.63, 3.8) is 0 Å². The monoisotopic (exact) mass is 265 g/mol. The lowest BCUT2D eigenvalue weighted by atomic mass is 9.94. The Morgan fingerprint density at radius 2 is 2.22 bits per heavy atom. The van der Waals surface area contributed by atoms with Crippen molar-refractivity contribution in [1.82, 2.24) is 5.32 Å². The van der Waals surface area contributed by atoms with Crippen molar-refractivity contribution in [2.45, 2.75) is 38.3 Å². The van der Waals surface area contributed by atoms with E-state index in [2.05, 4.69) is 42.8 Å². The maximum atomic E-state index is 6.11. The maximum absolute atomic E-state index is 6.11. The van der Waals surface area contributed by atoms with E-state index in [-0.39, 0.29) is 0 Å². The minimum absolute atomic E-state index is 0.371. The SMILES string of the molecule is CCNC1CC(CCCSC)Oc2ccccc21. The lowest BCUT2D eigenvalue weighted by Gasteiger charge is -2.32. The van der Waals surface area contributed by atoms with Crippen molar-refractivity contribution in [2.24, 2.45) is 0 Å². The highest BCUT2D eigenvalue weighted by molar-refractivity contribution is 7.98. The third kappa shape index (κ3) is 3.42. The third-order valence-corrected chi connectivity index (χ3v) is 4.11. The molecule has 0 bridgehead atoms. The molecule has 1 aromatic rings. The van der Waals surface area contributed by atoms with Crippen molar-refractivity contribution >= 4 is 11.8 Å². The van der Waals surface area contributed by atoms with Crippen LogP contribution < -0.4 is 10.1 Å². The Labute approximate surface area is 114 Å². The van der Waals surface area contributed by atoms with Gasteiger partial charge in [-0.2, -0.15) is 11.8 Å². The van der Waals surface area contributed by atoms with Crippen LogP contribution in [-0.4, -0.2) is 24.7 Å². The molecule has 0 saturated carbocycles. The van der Waals surface area contributed by atoms with Crippen molar-refractivity contribution in [2.75, 3.05) is 18.6 Å². The predicted octanol–water partition coefficient (Wildman–Crippen LogP) is 3.63. The van der Waals surface area contributed by atoms with E-state index in [1.165, 1.54) is 17.7 Å². The summed E-state index contributed by atoms with van der Waals surface area (Å²) < 4.78 is 6.11. The topological polar surface area (TPSA) is 21.3 Å². The Hall–Kier alpha value is -0.670. The molecule has 2 unspecified atom stereocenters. The van der Waals surface area contributed by atoms with Gasteiger partial charge in [-0.3, -0.25) is 0 Å². The average Bonchev–Trinajstić information content (AvgIpc) is 2.39. The van der Waals surface area contributed by atoms with E-state index in [1.807, 2.05) is 11.8 Å². The normalized spacial score (nSPS) is 22.3. The molecule has 0 spiro atoms. The molecule has 3 heteroatoms. The van der Waals surface area contributed by atoms with Crippen LogP contribution in [0.4, 0.5) is 0 Å². The van der Waals surface area contributed by atoms with E-state index < -0.39 is 0 Å². The van der Waals surface area contributed by atoms with E-state index >= 15 is 0 Å². The highest BCUT2D eigenvalue weighted by Crippen LogP contribution is 2.35. The van der Waals surface area contributed by atoms with Gasteiger partial charge < -0.3 is 10.1 Å². The Kier molecular flexibility index (Phi) is 5.39. The molecular formula is C15H23NOS. The van der Waals surface area contributed by atoms with Gasteiger partial charge in [-0.1, -0.05) is 25.1 Å². The van der Waals surface area contributed by atoms with Crippen LogP contribution in [-0.2, 0) is 0 Å². The van der Waals surface area contributed by atoms with Crippen LogP contribution in [0.15, 0.2) is 24.3 Å². The molecule has 1 aliphatic rings. The highest BCUT2D eigenvalue weighted by atomic mass is 32.2. The number of hydrogen-bond donors (Lipinski definition) is 1. The predicted molar refractivity (Wildman–Crippen MR) is 79.5 cm³/mol. The lowest BCUT2D eigenvalue weighted by Crippen LogP contribution is -2.33. The molecule has 0 saturated heterocycles. The lowest BCUT2D eigenvalue weighted by molar-refractivity contribution is 0.141. The summed E-state index contributed by atoms with van der Waals surface area (Å²) >= 11 is 1.92. The molecule has 0 aliphatic carbocycles. The second-order valence-corrected chi connectivity index (χ2v) is 5.74. The summed E-state index contributed by atoms with van der Waals surface area (Å²) in [6, 6.07) is 8.90. The molecule has 2 rings (SSSR count).